The molecule has 2 aliphatic heterocycles. The molecule has 0 spiro atoms. The minimum absolute atomic E-state index is 0.374. The first kappa shape index (κ1) is 12.1. The number of allylic oxidation sites excluding steroid dienone is 1. The maximum absolute atomic E-state index is 6.28. The number of unbranched alkanes of at least 4 members (excludes halogenated alkanes) is 3. The number of hydrogen-bond acceptors (Lipinski definition) is 2. The quantitative estimate of drug-likeness (QED) is 0.532. The van der Waals surface area contributed by atoms with E-state index in [1.807, 2.05) is 6.08 Å². The van der Waals surface area contributed by atoms with Crippen LogP contribution < -0.4 is 5.73 Å². The van der Waals surface area contributed by atoms with Crippen molar-refractivity contribution in [3.8, 4) is 0 Å². The van der Waals surface area contributed by atoms with E-state index in [4.69, 9.17) is 10.5 Å². The van der Waals surface area contributed by atoms with Crippen LogP contribution in [0.15, 0.2) is 12.7 Å². The van der Waals surface area contributed by atoms with E-state index in [-0.39, 0.29) is 0 Å². The van der Waals surface area contributed by atoms with Crippen molar-refractivity contribution >= 4 is 0 Å². The smallest absolute Gasteiger partial charge is 0.0623 e. The van der Waals surface area contributed by atoms with Crippen LogP contribution in [0.25, 0.3) is 0 Å². The van der Waals surface area contributed by atoms with Gasteiger partial charge in [0, 0.05) is 12.0 Å². The molecular formula is C14H25NO. The summed E-state index contributed by atoms with van der Waals surface area (Å²) in [5.41, 5.74) is 6.28. The molecule has 0 saturated carbocycles. The Bertz CT molecular complexity index is 229. The van der Waals surface area contributed by atoms with Crippen LogP contribution >= 0.6 is 0 Å². The van der Waals surface area contributed by atoms with Crippen molar-refractivity contribution in [1.29, 1.82) is 0 Å². The van der Waals surface area contributed by atoms with Gasteiger partial charge >= 0.3 is 0 Å². The molecule has 2 rings (SSSR count). The summed E-state index contributed by atoms with van der Waals surface area (Å²) < 4.78 is 5.86. The molecule has 2 fully saturated rings. The lowest BCUT2D eigenvalue weighted by atomic mass is 9.82. The van der Waals surface area contributed by atoms with E-state index >= 15 is 0 Å². The topological polar surface area (TPSA) is 35.2 Å². The summed E-state index contributed by atoms with van der Waals surface area (Å²) in [7, 11) is 0. The van der Waals surface area contributed by atoms with Gasteiger partial charge in [0.1, 0.15) is 0 Å². The lowest BCUT2D eigenvalue weighted by Gasteiger charge is -2.25. The lowest BCUT2D eigenvalue weighted by Crippen LogP contribution is -2.36. The highest BCUT2D eigenvalue weighted by molar-refractivity contribution is 4.94. The number of nitrogens with two attached hydrogens (primary N) is 1. The normalized spacial score (nSPS) is 34.2. The molecule has 2 bridgehead atoms. The standard InChI is InChI=1S/C14H25NO/c1-2-3-4-5-6-7-13(15)12-10-11-8-9-14(12)16-11/h2,11-14H,1,3-10,15H2. The summed E-state index contributed by atoms with van der Waals surface area (Å²) in [6, 6.07) is 0.374. The van der Waals surface area contributed by atoms with Crippen molar-refractivity contribution in [2.75, 3.05) is 0 Å². The number of ether oxygens (including phenoxy) is 1. The van der Waals surface area contributed by atoms with Gasteiger partial charge in [-0.2, -0.15) is 0 Å². The van der Waals surface area contributed by atoms with Gasteiger partial charge in [-0.1, -0.05) is 18.9 Å². The molecule has 0 aromatic carbocycles. The van der Waals surface area contributed by atoms with Crippen LogP contribution in [0.1, 0.15) is 51.4 Å². The molecule has 92 valence electrons. The Morgan fingerprint density at radius 3 is 2.81 bits per heavy atom. The van der Waals surface area contributed by atoms with E-state index in [0.29, 0.717) is 24.2 Å². The predicted molar refractivity (Wildman–Crippen MR) is 67.3 cm³/mol. The van der Waals surface area contributed by atoms with Gasteiger partial charge in [-0.3, -0.25) is 0 Å². The van der Waals surface area contributed by atoms with Gasteiger partial charge in [0.25, 0.3) is 0 Å². The molecule has 0 aliphatic carbocycles. The molecule has 4 atom stereocenters. The fourth-order valence-electron chi connectivity index (χ4n) is 3.19. The first-order chi connectivity index (χ1) is 7.81. The Labute approximate surface area is 99.2 Å². The van der Waals surface area contributed by atoms with Crippen LogP contribution in [0.2, 0.25) is 0 Å². The highest BCUT2D eigenvalue weighted by atomic mass is 16.5. The van der Waals surface area contributed by atoms with Gasteiger partial charge in [-0.25, -0.2) is 0 Å². The van der Waals surface area contributed by atoms with Crippen LogP contribution in [0.5, 0.6) is 0 Å². The molecule has 2 nitrogen and oxygen atoms in total. The molecule has 2 N–H and O–H groups in total. The first-order valence-corrected chi connectivity index (χ1v) is 6.83. The maximum Gasteiger partial charge on any atom is 0.0623 e. The monoisotopic (exact) mass is 223 g/mol. The second-order valence-corrected chi connectivity index (χ2v) is 5.36. The zero-order valence-electron chi connectivity index (χ0n) is 10.2. The highest BCUT2D eigenvalue weighted by Crippen LogP contribution is 2.40. The molecule has 4 unspecified atom stereocenters. The van der Waals surface area contributed by atoms with E-state index in [2.05, 4.69) is 6.58 Å². The van der Waals surface area contributed by atoms with Crippen LogP contribution in [0.4, 0.5) is 0 Å². The first-order valence-electron chi connectivity index (χ1n) is 6.83. The number of rotatable bonds is 7. The summed E-state index contributed by atoms with van der Waals surface area (Å²) >= 11 is 0. The Kier molecular flexibility index (Phi) is 4.42. The second kappa shape index (κ2) is 5.83. The van der Waals surface area contributed by atoms with Crippen LogP contribution in [-0.2, 0) is 4.74 Å². The largest absolute Gasteiger partial charge is 0.375 e. The molecule has 0 radical (unpaired) electrons. The van der Waals surface area contributed by atoms with Gasteiger partial charge in [0.05, 0.1) is 12.2 Å². The third-order valence-electron chi connectivity index (χ3n) is 4.15. The third kappa shape index (κ3) is 2.86. The Morgan fingerprint density at radius 1 is 1.31 bits per heavy atom. The zero-order chi connectivity index (χ0) is 11.4. The van der Waals surface area contributed by atoms with E-state index in [1.54, 1.807) is 0 Å². The van der Waals surface area contributed by atoms with Crippen molar-refractivity contribution in [1.82, 2.24) is 0 Å². The Balaban J connectivity index is 1.61. The molecule has 2 saturated heterocycles. The van der Waals surface area contributed by atoms with E-state index < -0.39 is 0 Å². The average Bonchev–Trinajstić information content (AvgIpc) is 2.90. The van der Waals surface area contributed by atoms with Crippen molar-refractivity contribution in [3.63, 3.8) is 0 Å². The van der Waals surface area contributed by atoms with Gasteiger partial charge < -0.3 is 10.5 Å². The van der Waals surface area contributed by atoms with Crippen molar-refractivity contribution in [2.45, 2.75) is 69.6 Å². The minimum Gasteiger partial charge on any atom is -0.375 e. The lowest BCUT2D eigenvalue weighted by molar-refractivity contribution is 0.0877. The summed E-state index contributed by atoms with van der Waals surface area (Å²) in [6.07, 6.45) is 12.9. The minimum atomic E-state index is 0.374. The van der Waals surface area contributed by atoms with Crippen molar-refractivity contribution < 1.29 is 4.74 Å². The third-order valence-corrected chi connectivity index (χ3v) is 4.15. The molecule has 16 heavy (non-hydrogen) atoms. The maximum atomic E-state index is 6.28. The SMILES string of the molecule is C=CCCCCCC(N)C1CC2CCC1O2. The second-order valence-electron chi connectivity index (χ2n) is 5.36. The fourth-order valence-corrected chi connectivity index (χ4v) is 3.19. The van der Waals surface area contributed by atoms with Gasteiger partial charge in [0.2, 0.25) is 0 Å². The van der Waals surface area contributed by atoms with Gasteiger partial charge in [-0.15, -0.1) is 6.58 Å². The fraction of sp³-hybridized carbons (Fsp3) is 0.857. The number of hydrogen-bond donors (Lipinski definition) is 1. The molecule has 2 aliphatic rings. The summed E-state index contributed by atoms with van der Waals surface area (Å²) in [5.74, 6) is 0.651. The van der Waals surface area contributed by atoms with E-state index in [0.717, 1.165) is 6.42 Å². The molecule has 0 amide bonds. The Hall–Kier alpha value is -0.340. The summed E-state index contributed by atoms with van der Waals surface area (Å²) in [5, 5.41) is 0. The van der Waals surface area contributed by atoms with Gasteiger partial charge in [-0.05, 0) is 38.5 Å². The molecular weight excluding hydrogens is 198 g/mol. The van der Waals surface area contributed by atoms with E-state index in [9.17, 15) is 0 Å². The molecule has 2 heterocycles. The zero-order valence-corrected chi connectivity index (χ0v) is 10.2. The molecule has 0 aromatic heterocycles. The average molecular weight is 223 g/mol. The Morgan fingerprint density at radius 2 is 2.19 bits per heavy atom. The van der Waals surface area contributed by atoms with Crippen LogP contribution in [-0.4, -0.2) is 18.2 Å². The summed E-state index contributed by atoms with van der Waals surface area (Å²) in [4.78, 5) is 0. The number of fused-ring (bicyclic) bond motifs is 2. The van der Waals surface area contributed by atoms with Gasteiger partial charge in [0.15, 0.2) is 0 Å². The predicted octanol–water partition coefficient (Wildman–Crippen LogP) is 3.02. The van der Waals surface area contributed by atoms with Crippen molar-refractivity contribution in [3.05, 3.63) is 12.7 Å². The molecule has 2 heteroatoms. The summed E-state index contributed by atoms with van der Waals surface area (Å²) in [6.45, 7) is 3.74. The van der Waals surface area contributed by atoms with Crippen LogP contribution in [0, 0.1) is 5.92 Å². The highest BCUT2D eigenvalue weighted by Gasteiger charge is 2.42. The van der Waals surface area contributed by atoms with Crippen LogP contribution in [0.3, 0.4) is 0 Å². The van der Waals surface area contributed by atoms with Crippen molar-refractivity contribution in [2.24, 2.45) is 11.7 Å². The van der Waals surface area contributed by atoms with E-state index in [1.165, 1.54) is 44.9 Å². The molecule has 0 aromatic rings.